The maximum Gasteiger partial charge on any atom is 0.162 e. The minimum absolute atomic E-state index is 0.464. The Labute approximate surface area is 122 Å². The first-order chi connectivity index (χ1) is 9.25. The van der Waals surface area contributed by atoms with Gasteiger partial charge in [-0.3, -0.25) is 0 Å². The van der Waals surface area contributed by atoms with E-state index in [1.165, 1.54) is 17.3 Å². The molecule has 4 heteroatoms. The van der Waals surface area contributed by atoms with Crippen molar-refractivity contribution in [2.24, 2.45) is 10.7 Å². The van der Waals surface area contributed by atoms with E-state index in [2.05, 4.69) is 17.1 Å². The Kier molecular flexibility index (Phi) is 5.12. The molecule has 0 spiro atoms. The van der Waals surface area contributed by atoms with Crippen LogP contribution in [0.1, 0.15) is 11.1 Å². The molecular formula is C15H14N2S2. The molecule has 2 aromatic carbocycles. The van der Waals surface area contributed by atoms with Crippen LogP contribution in [0.5, 0.6) is 0 Å². The topological polar surface area (TPSA) is 38.4 Å². The summed E-state index contributed by atoms with van der Waals surface area (Å²) >= 11 is 6.74. The largest absolute Gasteiger partial charge is 0.383 e. The Hall–Kier alpha value is -1.65. The predicted molar refractivity (Wildman–Crippen MR) is 87.5 cm³/mol. The summed E-state index contributed by atoms with van der Waals surface area (Å²) in [7, 11) is 0. The molecule has 0 atom stereocenters. The van der Waals surface area contributed by atoms with E-state index in [0.29, 0.717) is 10.2 Å². The molecule has 2 N–H and O–H groups in total. The van der Waals surface area contributed by atoms with Crippen LogP contribution in [0.15, 0.2) is 65.7 Å². The highest BCUT2D eigenvalue weighted by Crippen LogP contribution is 2.15. The van der Waals surface area contributed by atoms with Crippen LogP contribution < -0.4 is 5.73 Å². The van der Waals surface area contributed by atoms with E-state index in [0.717, 1.165) is 11.3 Å². The van der Waals surface area contributed by atoms with E-state index in [1.54, 1.807) is 0 Å². The molecule has 0 unspecified atom stereocenters. The van der Waals surface area contributed by atoms with Crippen LogP contribution >= 0.6 is 24.0 Å². The molecule has 0 bridgehead atoms. The zero-order chi connectivity index (χ0) is 13.5. The third-order valence-corrected chi connectivity index (χ3v) is 3.75. The number of nitrogens with two attached hydrogens (primary N) is 1. The van der Waals surface area contributed by atoms with Crippen molar-refractivity contribution in [3.05, 3.63) is 71.8 Å². The van der Waals surface area contributed by atoms with Gasteiger partial charge in [0.1, 0.15) is 5.84 Å². The average Bonchev–Trinajstić information content (AvgIpc) is 2.47. The molecule has 0 fully saturated rings. The zero-order valence-electron chi connectivity index (χ0n) is 10.3. The summed E-state index contributed by atoms with van der Waals surface area (Å²) < 4.78 is 0.560. The summed E-state index contributed by atoms with van der Waals surface area (Å²) in [6.07, 6.45) is 0. The lowest BCUT2D eigenvalue weighted by molar-refractivity contribution is 1.42. The fraction of sp³-hybridized carbons (Fsp3) is 0.0667. The fourth-order valence-corrected chi connectivity index (χ4v) is 2.44. The van der Waals surface area contributed by atoms with Gasteiger partial charge in [0.25, 0.3) is 0 Å². The summed E-state index contributed by atoms with van der Waals surface area (Å²) in [6.45, 7) is 0. The molecule has 96 valence electrons. The molecule has 0 aliphatic carbocycles. The van der Waals surface area contributed by atoms with Gasteiger partial charge in [0.2, 0.25) is 0 Å². The Balaban J connectivity index is 1.94. The van der Waals surface area contributed by atoms with Crippen LogP contribution in [0.3, 0.4) is 0 Å². The first-order valence-corrected chi connectivity index (χ1v) is 7.25. The van der Waals surface area contributed by atoms with Gasteiger partial charge in [-0.25, -0.2) is 4.99 Å². The molecule has 0 amide bonds. The third-order valence-electron chi connectivity index (χ3n) is 2.49. The Bertz CT molecular complexity index is 565. The third kappa shape index (κ3) is 4.50. The number of thioether (sulfide) groups is 1. The second-order valence-electron chi connectivity index (χ2n) is 3.90. The Morgan fingerprint density at radius 2 is 1.58 bits per heavy atom. The predicted octanol–water partition coefficient (Wildman–Crippen LogP) is 3.61. The van der Waals surface area contributed by atoms with Gasteiger partial charge in [0, 0.05) is 11.3 Å². The van der Waals surface area contributed by atoms with Crippen LogP contribution in [0, 0.1) is 0 Å². The number of thiocarbonyl (C=S) groups is 1. The number of nitrogens with zero attached hydrogens (tertiary/aromatic N) is 1. The number of hydrogen-bond acceptors (Lipinski definition) is 2. The second kappa shape index (κ2) is 7.07. The molecule has 0 saturated carbocycles. The van der Waals surface area contributed by atoms with Gasteiger partial charge in [-0.05, 0) is 5.56 Å². The number of amidine groups is 1. The highest BCUT2D eigenvalue weighted by atomic mass is 32.2. The molecule has 0 aromatic heterocycles. The summed E-state index contributed by atoms with van der Waals surface area (Å²) in [4.78, 5) is 4.25. The quantitative estimate of drug-likeness (QED) is 0.532. The number of benzene rings is 2. The molecule has 0 saturated heterocycles. The zero-order valence-corrected chi connectivity index (χ0v) is 12.0. The van der Waals surface area contributed by atoms with Crippen LogP contribution in [0.2, 0.25) is 0 Å². The lowest BCUT2D eigenvalue weighted by Crippen LogP contribution is -2.14. The smallest absolute Gasteiger partial charge is 0.162 e. The van der Waals surface area contributed by atoms with Gasteiger partial charge in [0.15, 0.2) is 4.32 Å². The van der Waals surface area contributed by atoms with Crippen molar-refractivity contribution in [3.8, 4) is 0 Å². The molecule has 0 aliphatic rings. The highest BCUT2D eigenvalue weighted by Gasteiger charge is 2.01. The van der Waals surface area contributed by atoms with E-state index in [4.69, 9.17) is 18.0 Å². The molecule has 2 nitrogen and oxygen atoms in total. The van der Waals surface area contributed by atoms with Crippen LogP contribution in [0.25, 0.3) is 0 Å². The van der Waals surface area contributed by atoms with Crippen molar-refractivity contribution in [1.29, 1.82) is 0 Å². The van der Waals surface area contributed by atoms with Crippen LogP contribution in [-0.4, -0.2) is 10.2 Å². The van der Waals surface area contributed by atoms with Crippen LogP contribution in [0.4, 0.5) is 0 Å². The van der Waals surface area contributed by atoms with E-state index >= 15 is 0 Å². The first-order valence-electron chi connectivity index (χ1n) is 5.86. The first kappa shape index (κ1) is 13.8. The van der Waals surface area contributed by atoms with Gasteiger partial charge in [0.05, 0.1) is 0 Å². The van der Waals surface area contributed by atoms with Crippen molar-refractivity contribution in [3.63, 3.8) is 0 Å². The van der Waals surface area contributed by atoms with Crippen molar-refractivity contribution < 1.29 is 0 Å². The standard InChI is InChI=1S/C15H14N2S2/c16-14(13-9-5-2-6-10-13)17-15(18)19-11-12-7-3-1-4-8-12/h1-10H,11H2,(H2,16,17,18). The molecule has 0 radical (unpaired) electrons. The fourth-order valence-electron chi connectivity index (χ4n) is 1.52. The normalized spacial score (nSPS) is 11.3. The van der Waals surface area contributed by atoms with Crippen molar-refractivity contribution in [2.75, 3.05) is 0 Å². The Morgan fingerprint density at radius 1 is 1.00 bits per heavy atom. The second-order valence-corrected chi connectivity index (χ2v) is 5.51. The summed E-state index contributed by atoms with van der Waals surface area (Å²) in [5.41, 5.74) is 8.03. The number of rotatable bonds is 3. The van der Waals surface area contributed by atoms with Crippen LogP contribution in [-0.2, 0) is 5.75 Å². The maximum absolute atomic E-state index is 5.91. The number of aliphatic imine (C=N–C) groups is 1. The minimum atomic E-state index is 0.464. The van der Waals surface area contributed by atoms with Gasteiger partial charge in [-0.15, -0.1) is 0 Å². The SMILES string of the molecule is NC(=NC(=S)SCc1ccccc1)c1ccccc1. The van der Waals surface area contributed by atoms with Crippen molar-refractivity contribution >= 4 is 34.1 Å². The summed E-state index contributed by atoms with van der Waals surface area (Å²) in [6, 6.07) is 19.8. The van der Waals surface area contributed by atoms with Crippen molar-refractivity contribution in [1.82, 2.24) is 0 Å². The highest BCUT2D eigenvalue weighted by molar-refractivity contribution is 8.22. The van der Waals surface area contributed by atoms with Gasteiger partial charge in [-0.2, -0.15) is 0 Å². The van der Waals surface area contributed by atoms with Gasteiger partial charge in [-0.1, -0.05) is 84.6 Å². The molecule has 0 heterocycles. The molecule has 2 rings (SSSR count). The lowest BCUT2D eigenvalue weighted by Gasteiger charge is -2.02. The molecular weight excluding hydrogens is 272 g/mol. The Morgan fingerprint density at radius 3 is 2.21 bits per heavy atom. The molecule has 0 aliphatic heterocycles. The average molecular weight is 286 g/mol. The maximum atomic E-state index is 5.91. The van der Waals surface area contributed by atoms with E-state index in [1.807, 2.05) is 48.5 Å². The monoisotopic (exact) mass is 286 g/mol. The number of hydrogen-bond donors (Lipinski definition) is 1. The summed E-state index contributed by atoms with van der Waals surface area (Å²) in [5, 5.41) is 0. The van der Waals surface area contributed by atoms with Crippen molar-refractivity contribution in [2.45, 2.75) is 5.75 Å². The van der Waals surface area contributed by atoms with Gasteiger partial charge < -0.3 is 5.73 Å². The van der Waals surface area contributed by atoms with E-state index in [9.17, 15) is 0 Å². The summed E-state index contributed by atoms with van der Waals surface area (Å²) in [5.74, 6) is 1.27. The molecule has 19 heavy (non-hydrogen) atoms. The van der Waals surface area contributed by atoms with Gasteiger partial charge >= 0.3 is 0 Å². The lowest BCUT2D eigenvalue weighted by atomic mass is 10.2. The minimum Gasteiger partial charge on any atom is -0.383 e. The van der Waals surface area contributed by atoms with E-state index in [-0.39, 0.29) is 0 Å². The van der Waals surface area contributed by atoms with E-state index < -0.39 is 0 Å². The molecule has 2 aromatic rings.